The van der Waals surface area contributed by atoms with Crippen LogP contribution in [0.15, 0.2) is 30.3 Å². The van der Waals surface area contributed by atoms with Gasteiger partial charge in [0.2, 0.25) is 0 Å². The van der Waals surface area contributed by atoms with Crippen LogP contribution in [0.5, 0.6) is 5.75 Å². The first-order valence-electron chi connectivity index (χ1n) is 8.94. The van der Waals surface area contributed by atoms with Crippen LogP contribution >= 0.6 is 22.6 Å². The lowest BCUT2D eigenvalue weighted by Gasteiger charge is -2.31. The first-order valence-corrected chi connectivity index (χ1v) is 10.0. The maximum Gasteiger partial charge on any atom is 0.407 e. The van der Waals surface area contributed by atoms with Crippen LogP contribution in [-0.4, -0.2) is 54.3 Å². The maximum atomic E-state index is 14.2. The third kappa shape index (κ3) is 5.27. The molecule has 8 nitrogen and oxygen atoms in total. The average Bonchev–Trinajstić information content (AvgIpc) is 2.68. The molecule has 1 heterocycles. The molecule has 2 amide bonds. The van der Waals surface area contributed by atoms with E-state index in [1.807, 2.05) is 22.6 Å². The largest absolute Gasteiger partial charge is 0.491 e. The normalized spacial score (nSPS) is 16.2. The van der Waals surface area contributed by atoms with Gasteiger partial charge in [-0.1, -0.05) is 0 Å². The SMILES string of the molecule is NC(=O)c1c(Nc2ccc(I)cc2F)cc(F)cc1OCC1CN(C(=O)O)CCN1. The van der Waals surface area contributed by atoms with Crippen LogP contribution < -0.4 is 21.1 Å². The van der Waals surface area contributed by atoms with Gasteiger partial charge in [-0.2, -0.15) is 0 Å². The van der Waals surface area contributed by atoms with Crippen molar-refractivity contribution in [3.63, 3.8) is 0 Å². The number of nitrogens with zero attached hydrogens (tertiary/aromatic N) is 1. The smallest absolute Gasteiger partial charge is 0.407 e. The minimum Gasteiger partial charge on any atom is -0.491 e. The monoisotopic (exact) mass is 532 g/mol. The van der Waals surface area contributed by atoms with E-state index in [0.717, 1.165) is 12.1 Å². The summed E-state index contributed by atoms with van der Waals surface area (Å²) in [7, 11) is 0. The molecule has 160 valence electrons. The number of carbonyl (C=O) groups excluding carboxylic acids is 1. The van der Waals surface area contributed by atoms with Crippen molar-refractivity contribution in [3.8, 4) is 5.75 Å². The van der Waals surface area contributed by atoms with Crippen molar-refractivity contribution in [1.29, 1.82) is 0 Å². The molecule has 1 unspecified atom stereocenters. The van der Waals surface area contributed by atoms with Gasteiger partial charge in [0.15, 0.2) is 0 Å². The summed E-state index contributed by atoms with van der Waals surface area (Å²) in [5, 5.41) is 14.9. The van der Waals surface area contributed by atoms with Gasteiger partial charge in [0, 0.05) is 29.3 Å². The summed E-state index contributed by atoms with van der Waals surface area (Å²) in [6.45, 7) is 0.930. The van der Waals surface area contributed by atoms with Gasteiger partial charge in [-0.25, -0.2) is 13.6 Å². The Labute approximate surface area is 184 Å². The molecule has 3 rings (SSSR count). The Bertz CT molecular complexity index is 976. The summed E-state index contributed by atoms with van der Waals surface area (Å²) < 4.78 is 34.7. The Morgan fingerprint density at radius 3 is 2.73 bits per heavy atom. The van der Waals surface area contributed by atoms with E-state index in [1.54, 1.807) is 6.07 Å². The highest BCUT2D eigenvalue weighted by molar-refractivity contribution is 14.1. The molecule has 1 atom stereocenters. The Morgan fingerprint density at radius 2 is 2.07 bits per heavy atom. The summed E-state index contributed by atoms with van der Waals surface area (Å²) in [5.74, 6) is -2.30. The highest BCUT2D eigenvalue weighted by Gasteiger charge is 2.25. The molecule has 0 aliphatic carbocycles. The number of carbonyl (C=O) groups is 2. The first kappa shape index (κ1) is 22.0. The highest BCUT2D eigenvalue weighted by Crippen LogP contribution is 2.31. The van der Waals surface area contributed by atoms with Crippen LogP contribution in [0.1, 0.15) is 10.4 Å². The van der Waals surface area contributed by atoms with E-state index in [-0.39, 0.29) is 41.9 Å². The quantitative estimate of drug-likeness (QED) is 0.426. The van der Waals surface area contributed by atoms with Crippen LogP contribution in [0.4, 0.5) is 25.0 Å². The predicted molar refractivity (Wildman–Crippen MR) is 114 cm³/mol. The molecular weight excluding hydrogens is 513 g/mol. The lowest BCUT2D eigenvalue weighted by Crippen LogP contribution is -2.54. The van der Waals surface area contributed by atoms with Gasteiger partial charge in [-0.3, -0.25) is 4.79 Å². The van der Waals surface area contributed by atoms with Crippen molar-refractivity contribution in [1.82, 2.24) is 10.2 Å². The Balaban J connectivity index is 1.84. The van der Waals surface area contributed by atoms with E-state index in [4.69, 9.17) is 15.6 Å². The van der Waals surface area contributed by atoms with Gasteiger partial charge in [-0.15, -0.1) is 0 Å². The molecule has 1 fully saturated rings. The van der Waals surface area contributed by atoms with Gasteiger partial charge >= 0.3 is 6.09 Å². The number of piperazine rings is 1. The molecule has 0 bridgehead atoms. The fourth-order valence-corrected chi connectivity index (χ4v) is 3.54. The molecule has 0 radical (unpaired) electrons. The number of ether oxygens (including phenoxy) is 1. The molecular formula is C19H19F2IN4O4. The van der Waals surface area contributed by atoms with Crippen molar-refractivity contribution in [2.24, 2.45) is 5.73 Å². The molecule has 30 heavy (non-hydrogen) atoms. The van der Waals surface area contributed by atoms with Crippen LogP contribution in [0.25, 0.3) is 0 Å². The summed E-state index contributed by atoms with van der Waals surface area (Å²) in [4.78, 5) is 24.4. The standard InChI is InChI=1S/C19H19F2IN4O4/c20-10-5-15(25-14-2-1-11(22)7-13(14)21)17(18(23)27)16(6-10)30-9-12-8-26(19(28)29)4-3-24-12/h1-2,5-7,12,24-25H,3-4,8-9H2,(H2,23,27)(H,28,29). The Kier molecular flexibility index (Phi) is 6.92. The average molecular weight is 532 g/mol. The van der Waals surface area contributed by atoms with E-state index < -0.39 is 23.6 Å². The zero-order valence-corrected chi connectivity index (χ0v) is 17.8. The molecule has 0 saturated carbocycles. The zero-order valence-electron chi connectivity index (χ0n) is 15.6. The molecule has 0 aromatic heterocycles. The minimum absolute atomic E-state index is 0.0230. The fourth-order valence-electron chi connectivity index (χ4n) is 3.09. The van der Waals surface area contributed by atoms with E-state index in [9.17, 15) is 18.4 Å². The second-order valence-corrected chi connectivity index (χ2v) is 7.88. The number of nitrogens with one attached hydrogen (secondary N) is 2. The second-order valence-electron chi connectivity index (χ2n) is 6.63. The summed E-state index contributed by atoms with van der Waals surface area (Å²) in [6, 6.07) is 6.06. The van der Waals surface area contributed by atoms with Crippen LogP contribution in [0.3, 0.4) is 0 Å². The lowest BCUT2D eigenvalue weighted by atomic mass is 10.1. The van der Waals surface area contributed by atoms with Gasteiger partial charge in [0.05, 0.1) is 17.4 Å². The number of amides is 2. The highest BCUT2D eigenvalue weighted by atomic mass is 127. The van der Waals surface area contributed by atoms with Gasteiger partial charge in [0.1, 0.15) is 29.6 Å². The lowest BCUT2D eigenvalue weighted by molar-refractivity contribution is 0.0994. The molecule has 1 aliphatic rings. The van der Waals surface area contributed by atoms with Gasteiger partial charge < -0.3 is 31.1 Å². The zero-order chi connectivity index (χ0) is 21.8. The second kappa shape index (κ2) is 9.43. The molecule has 1 aliphatic heterocycles. The molecule has 2 aromatic rings. The van der Waals surface area contributed by atoms with Crippen LogP contribution in [0.2, 0.25) is 0 Å². The predicted octanol–water partition coefficient (Wildman–Crippen LogP) is 2.74. The van der Waals surface area contributed by atoms with Crippen molar-refractivity contribution in [3.05, 3.63) is 51.1 Å². The summed E-state index contributed by atoms with van der Waals surface area (Å²) in [6.07, 6.45) is -1.05. The van der Waals surface area contributed by atoms with E-state index >= 15 is 0 Å². The van der Waals surface area contributed by atoms with E-state index in [2.05, 4.69) is 10.6 Å². The van der Waals surface area contributed by atoms with Crippen molar-refractivity contribution in [2.75, 3.05) is 31.6 Å². The Morgan fingerprint density at radius 1 is 1.30 bits per heavy atom. The van der Waals surface area contributed by atoms with E-state index in [0.29, 0.717) is 16.7 Å². The number of nitrogens with two attached hydrogens (primary N) is 1. The van der Waals surface area contributed by atoms with Crippen LogP contribution in [0, 0.1) is 15.2 Å². The number of halogens is 3. The van der Waals surface area contributed by atoms with Gasteiger partial charge in [0.25, 0.3) is 5.91 Å². The Hall–Kier alpha value is -2.67. The number of hydrogen-bond acceptors (Lipinski definition) is 5. The van der Waals surface area contributed by atoms with E-state index in [1.165, 1.54) is 17.0 Å². The number of carboxylic acid groups (broad SMARTS) is 1. The first-order chi connectivity index (χ1) is 14.2. The number of rotatable bonds is 6. The third-order valence-electron chi connectivity index (χ3n) is 4.48. The summed E-state index contributed by atoms with van der Waals surface area (Å²) in [5.41, 5.74) is 5.34. The number of anilines is 2. The molecule has 5 N–H and O–H groups in total. The topological polar surface area (TPSA) is 117 Å². The number of benzene rings is 2. The number of hydrogen-bond donors (Lipinski definition) is 4. The fraction of sp³-hybridized carbons (Fsp3) is 0.263. The van der Waals surface area contributed by atoms with Crippen molar-refractivity contribution < 1.29 is 28.2 Å². The van der Waals surface area contributed by atoms with Crippen LogP contribution in [-0.2, 0) is 0 Å². The molecule has 11 heteroatoms. The van der Waals surface area contributed by atoms with Crippen molar-refractivity contribution >= 4 is 46.0 Å². The molecule has 0 spiro atoms. The maximum absolute atomic E-state index is 14.2. The minimum atomic E-state index is -1.05. The molecule has 2 aromatic carbocycles. The number of primary amides is 1. The van der Waals surface area contributed by atoms with Crippen molar-refractivity contribution in [2.45, 2.75) is 6.04 Å². The molecule has 1 saturated heterocycles. The van der Waals surface area contributed by atoms with Gasteiger partial charge in [-0.05, 0) is 46.9 Å². The summed E-state index contributed by atoms with van der Waals surface area (Å²) >= 11 is 1.95. The third-order valence-corrected chi connectivity index (χ3v) is 5.15.